The van der Waals surface area contributed by atoms with Gasteiger partial charge in [-0.25, -0.2) is 0 Å². The first kappa shape index (κ1) is 59.0. The lowest BCUT2D eigenvalue weighted by Crippen LogP contribution is -2.27. The van der Waals surface area contributed by atoms with Crippen LogP contribution < -0.4 is 0 Å². The number of nitrogens with zero attached hydrogens (tertiary/aromatic N) is 1. The van der Waals surface area contributed by atoms with Crippen LogP contribution in [0.15, 0.2) is 0 Å². The molecule has 0 aromatic heterocycles. The Kier molecular flexibility index (Phi) is 46.0. The van der Waals surface area contributed by atoms with Crippen molar-refractivity contribution >= 4 is 28.3 Å². The van der Waals surface area contributed by atoms with Crippen molar-refractivity contribution in [3.05, 3.63) is 0 Å². The molecule has 0 fully saturated rings. The number of esters is 1. The van der Waals surface area contributed by atoms with Crippen LogP contribution in [0.1, 0.15) is 240 Å². The van der Waals surface area contributed by atoms with E-state index in [1.54, 1.807) is 0 Å². The largest absolute Gasteiger partial charge is 0.465 e. The van der Waals surface area contributed by atoms with Crippen LogP contribution in [0.25, 0.3) is 0 Å². The molecule has 0 aliphatic heterocycles. The van der Waals surface area contributed by atoms with Gasteiger partial charge in [0.15, 0.2) is 6.29 Å². The maximum atomic E-state index is 12.9. The molecule has 356 valence electrons. The van der Waals surface area contributed by atoms with Gasteiger partial charge in [-0.15, -0.1) is 11.8 Å². The quantitative estimate of drug-likeness (QED) is 0.0368. The van der Waals surface area contributed by atoms with Crippen LogP contribution in [0.4, 0.5) is 0 Å². The lowest BCUT2D eigenvalue weighted by atomic mass is 10.1. The highest BCUT2D eigenvalue weighted by Gasteiger charge is 2.20. The molecule has 0 radical (unpaired) electrons. The van der Waals surface area contributed by atoms with Gasteiger partial charge in [-0.3, -0.25) is 13.2 Å². The Morgan fingerprint density at radius 2 is 0.983 bits per heavy atom. The molecule has 0 aliphatic carbocycles. The highest BCUT2D eigenvalue weighted by Crippen LogP contribution is 2.45. The summed E-state index contributed by atoms with van der Waals surface area (Å²) in [5.74, 6) is 1.09. The van der Waals surface area contributed by atoms with Crippen molar-refractivity contribution in [1.29, 1.82) is 0 Å². The Bertz CT molecular complexity index is 852. The molecule has 0 rings (SSSR count). The number of aliphatic hydroxyl groups excluding tert-OH is 1. The van der Waals surface area contributed by atoms with Crippen molar-refractivity contribution in [3.8, 4) is 0 Å². The highest BCUT2D eigenvalue weighted by molar-refractivity contribution is 8.24. The normalized spacial score (nSPS) is 13.4. The fourth-order valence-corrected chi connectivity index (χ4v) is 9.90. The van der Waals surface area contributed by atoms with Crippen molar-refractivity contribution in [2.45, 2.75) is 251 Å². The van der Waals surface area contributed by atoms with Gasteiger partial charge in [-0.1, -0.05) is 169 Å². The predicted octanol–water partition coefficient (Wildman–Crippen LogP) is 15.1. The lowest BCUT2D eigenvalue weighted by Gasteiger charge is -2.38. The van der Waals surface area contributed by atoms with Gasteiger partial charge in [0.25, 0.3) is 0 Å². The molecule has 0 aliphatic rings. The second-order valence-electron chi connectivity index (χ2n) is 17.6. The maximum absolute atomic E-state index is 12.9. The van der Waals surface area contributed by atoms with E-state index in [4.69, 9.17) is 17.8 Å². The molecule has 0 bridgehead atoms. The van der Waals surface area contributed by atoms with Gasteiger partial charge in [0.2, 0.25) is 0 Å². The van der Waals surface area contributed by atoms with Crippen molar-refractivity contribution in [2.75, 3.05) is 64.3 Å². The second-order valence-corrected chi connectivity index (χ2v) is 21.6. The van der Waals surface area contributed by atoms with Crippen LogP contribution in [-0.2, 0) is 22.6 Å². The average Bonchev–Trinajstić information content (AvgIpc) is 3.22. The van der Waals surface area contributed by atoms with Crippen LogP contribution in [0.5, 0.6) is 0 Å². The first-order valence-electron chi connectivity index (χ1n) is 25.6. The average molecular weight is 879 g/mol. The maximum Gasteiger partial charge on any atom is 0.319 e. The smallest absolute Gasteiger partial charge is 0.319 e. The van der Waals surface area contributed by atoms with Gasteiger partial charge in [-0.2, -0.15) is 10.6 Å². The van der Waals surface area contributed by atoms with Gasteiger partial charge >= 0.3 is 5.97 Å². The van der Waals surface area contributed by atoms with E-state index >= 15 is 0 Å². The third-order valence-corrected chi connectivity index (χ3v) is 14.1. The molecule has 0 aromatic rings. The third kappa shape index (κ3) is 41.7. The number of hydrogen-bond donors (Lipinski definition) is 1. The molecule has 0 heterocycles. The molecule has 0 saturated carbocycles. The number of carbonyl (C=O) groups excluding carboxylic acids is 1. The fraction of sp³-hybridized carbons (Fsp3) is 0.980. The van der Waals surface area contributed by atoms with E-state index in [0.29, 0.717) is 6.61 Å². The Morgan fingerprint density at radius 1 is 0.525 bits per heavy atom. The number of unbranched alkanes of at least 4 members (excludes halogenated alkanes) is 24. The van der Waals surface area contributed by atoms with Gasteiger partial charge in [-0.05, 0) is 89.6 Å². The van der Waals surface area contributed by atoms with Gasteiger partial charge < -0.3 is 19.5 Å². The molecule has 2 atom stereocenters. The molecular formula is C50H103NO6S2. The summed E-state index contributed by atoms with van der Waals surface area (Å²) < 4.78 is 25.0. The van der Waals surface area contributed by atoms with E-state index in [-0.39, 0.29) is 24.1 Å². The number of rotatable bonds is 49. The summed E-state index contributed by atoms with van der Waals surface area (Å²) in [7, 11) is -1.60. The van der Waals surface area contributed by atoms with E-state index in [1.165, 1.54) is 141 Å². The minimum absolute atomic E-state index is 0.00771. The minimum Gasteiger partial charge on any atom is -0.465 e. The van der Waals surface area contributed by atoms with Crippen LogP contribution in [0.2, 0.25) is 0 Å². The number of carbonyl (C=O) groups is 1. The molecule has 0 saturated heterocycles. The zero-order valence-electron chi connectivity index (χ0n) is 40.4. The first-order valence-corrected chi connectivity index (χ1v) is 29.0. The van der Waals surface area contributed by atoms with E-state index in [0.717, 1.165) is 109 Å². The molecule has 9 heteroatoms. The minimum atomic E-state index is -1.60. The van der Waals surface area contributed by atoms with E-state index in [2.05, 4.69) is 45.1 Å². The SMILES string of the molecule is CCCCCCCCCCSC(CCCC)C(=O)OCCCCCCN(CCCCO)CCCCCCOC(CCCCCCC)OS(C)(C)OCCCCCCCC. The molecule has 0 amide bonds. The standard InChI is InChI=1S/C50H103NO6S2/c1-7-11-15-18-20-21-28-37-47-58-48(38-14-10-4)50(53)55-45-35-27-24-31-41-51(42-32-33-43-52)40-30-23-26-34-44-54-49(39-29-22-17-13-9-3)57-59(5,6)56-46-36-25-19-16-12-8-2/h48-49,52H,7-47H2,1-6H3. The van der Waals surface area contributed by atoms with Crippen molar-refractivity contribution in [3.63, 3.8) is 0 Å². The second kappa shape index (κ2) is 46.0. The van der Waals surface area contributed by atoms with Crippen LogP contribution in [-0.4, -0.2) is 91.8 Å². The summed E-state index contributed by atoms with van der Waals surface area (Å²) in [6, 6.07) is 0. The predicted molar refractivity (Wildman–Crippen MR) is 262 cm³/mol. The van der Waals surface area contributed by atoms with Crippen molar-refractivity contribution < 1.29 is 27.7 Å². The monoisotopic (exact) mass is 878 g/mol. The summed E-state index contributed by atoms with van der Waals surface area (Å²) in [4.78, 5) is 15.5. The molecule has 59 heavy (non-hydrogen) atoms. The molecule has 0 aromatic carbocycles. The molecular weight excluding hydrogens is 775 g/mol. The Balaban J connectivity index is 4.43. The van der Waals surface area contributed by atoms with Crippen molar-refractivity contribution in [2.24, 2.45) is 0 Å². The zero-order chi connectivity index (χ0) is 43.3. The number of thioether (sulfide) groups is 1. The highest BCUT2D eigenvalue weighted by atomic mass is 32.3. The van der Waals surface area contributed by atoms with E-state index < -0.39 is 10.6 Å². The van der Waals surface area contributed by atoms with Crippen molar-refractivity contribution in [1.82, 2.24) is 4.90 Å². The number of aliphatic hydroxyl groups is 1. The zero-order valence-corrected chi connectivity index (χ0v) is 42.0. The Hall–Kier alpha value is -0.0300. The van der Waals surface area contributed by atoms with Gasteiger partial charge in [0.05, 0.1) is 13.2 Å². The summed E-state index contributed by atoms with van der Waals surface area (Å²) in [5.41, 5.74) is 0. The topological polar surface area (TPSA) is 77.5 Å². The molecule has 2 unspecified atom stereocenters. The van der Waals surface area contributed by atoms with Crippen LogP contribution in [0.3, 0.4) is 0 Å². The van der Waals surface area contributed by atoms with Gasteiger partial charge in [0, 0.05) is 32.1 Å². The molecule has 0 spiro atoms. The number of ether oxygens (including phenoxy) is 2. The molecule has 7 nitrogen and oxygen atoms in total. The Labute approximate surface area is 374 Å². The third-order valence-electron chi connectivity index (χ3n) is 11.3. The summed E-state index contributed by atoms with van der Waals surface area (Å²) >= 11 is 1.84. The number of hydrogen-bond acceptors (Lipinski definition) is 8. The first-order chi connectivity index (χ1) is 28.8. The van der Waals surface area contributed by atoms with E-state index in [1.807, 2.05) is 11.8 Å². The van der Waals surface area contributed by atoms with Crippen LogP contribution >= 0.6 is 22.4 Å². The summed E-state index contributed by atoms with van der Waals surface area (Å²) in [5, 5.41) is 9.38. The summed E-state index contributed by atoms with van der Waals surface area (Å²) in [6.45, 7) is 14.7. The lowest BCUT2D eigenvalue weighted by molar-refractivity contribution is -0.143. The van der Waals surface area contributed by atoms with E-state index in [9.17, 15) is 9.90 Å². The fourth-order valence-electron chi connectivity index (χ4n) is 7.47. The Morgan fingerprint density at radius 3 is 1.54 bits per heavy atom. The molecule has 1 N–H and O–H groups in total. The van der Waals surface area contributed by atoms with Gasteiger partial charge in [0.1, 0.15) is 5.25 Å². The summed E-state index contributed by atoms with van der Waals surface area (Å²) in [6.07, 6.45) is 43.7. The van der Waals surface area contributed by atoms with Crippen LogP contribution in [0, 0.1) is 0 Å².